The van der Waals surface area contributed by atoms with Crippen molar-refractivity contribution in [2.24, 2.45) is 5.73 Å². The molecule has 0 bridgehead atoms. The highest BCUT2D eigenvalue weighted by Crippen LogP contribution is 2.06. The van der Waals surface area contributed by atoms with Crippen LogP contribution in [0.3, 0.4) is 0 Å². The normalized spacial score (nSPS) is 11.6. The number of likely N-dealkylation sites (N-methyl/N-ethyl adjacent to an activating group) is 1. The maximum Gasteiger partial charge on any atom is 0.268 e. The molecule has 0 fully saturated rings. The minimum absolute atomic E-state index is 0.0758. The van der Waals surface area contributed by atoms with E-state index in [1.165, 1.54) is 10.7 Å². The molecule has 114 valence electrons. The smallest absolute Gasteiger partial charge is 0.268 e. The van der Waals surface area contributed by atoms with Gasteiger partial charge in [-0.3, -0.25) is 4.79 Å². The molecule has 0 atom stereocenters. The lowest BCUT2D eigenvalue weighted by Gasteiger charge is -2.17. The van der Waals surface area contributed by atoms with Crippen molar-refractivity contribution in [2.45, 2.75) is 19.9 Å². The van der Waals surface area contributed by atoms with Gasteiger partial charge in [-0.15, -0.1) is 0 Å². The van der Waals surface area contributed by atoms with Crippen LogP contribution in [0.2, 0.25) is 0 Å². The van der Waals surface area contributed by atoms with E-state index >= 15 is 0 Å². The van der Waals surface area contributed by atoms with Gasteiger partial charge < -0.3 is 10.6 Å². The lowest BCUT2D eigenvalue weighted by molar-refractivity contribution is 0.554. The number of hydrogen-bond acceptors (Lipinski definition) is 6. The van der Waals surface area contributed by atoms with E-state index in [9.17, 15) is 13.2 Å². The summed E-state index contributed by atoms with van der Waals surface area (Å²) in [5.41, 5.74) is 5.92. The summed E-state index contributed by atoms with van der Waals surface area (Å²) in [5.74, 6) is 0.199. The highest BCUT2D eigenvalue weighted by atomic mass is 32.2. The molecule has 0 radical (unpaired) electrons. The van der Waals surface area contributed by atoms with Crippen LogP contribution in [0.15, 0.2) is 17.1 Å². The first-order valence-corrected chi connectivity index (χ1v) is 8.40. The molecule has 0 saturated heterocycles. The van der Waals surface area contributed by atoms with Crippen LogP contribution in [0.1, 0.15) is 13.3 Å². The van der Waals surface area contributed by atoms with E-state index in [4.69, 9.17) is 5.73 Å². The lowest BCUT2D eigenvalue weighted by Crippen LogP contribution is -2.29. The average Bonchev–Trinajstić information content (AvgIpc) is 2.40. The van der Waals surface area contributed by atoms with Gasteiger partial charge in [-0.05, 0) is 6.42 Å². The third kappa shape index (κ3) is 4.93. The lowest BCUT2D eigenvalue weighted by atomic mass is 10.4. The van der Waals surface area contributed by atoms with Crippen LogP contribution in [-0.4, -0.2) is 49.8 Å². The van der Waals surface area contributed by atoms with E-state index < -0.39 is 9.84 Å². The molecule has 0 aliphatic rings. The molecule has 0 spiro atoms. The Morgan fingerprint density at radius 1 is 1.45 bits per heavy atom. The second-order valence-electron chi connectivity index (χ2n) is 4.58. The highest BCUT2D eigenvalue weighted by Gasteiger charge is 2.08. The van der Waals surface area contributed by atoms with Crippen molar-refractivity contribution >= 4 is 15.5 Å². The molecule has 20 heavy (non-hydrogen) atoms. The Kier molecular flexibility index (Phi) is 6.15. The summed E-state index contributed by atoms with van der Waals surface area (Å²) in [6, 6.07) is 1.48. The molecule has 0 aliphatic heterocycles. The number of hydrogen-bond donors (Lipinski definition) is 1. The number of anilines is 1. The maximum atomic E-state index is 11.9. The quantitative estimate of drug-likeness (QED) is 0.693. The Labute approximate surface area is 119 Å². The molecule has 8 heteroatoms. The van der Waals surface area contributed by atoms with Crippen LogP contribution in [0.5, 0.6) is 0 Å². The van der Waals surface area contributed by atoms with Crippen LogP contribution >= 0.6 is 0 Å². The largest absolute Gasteiger partial charge is 0.372 e. The summed E-state index contributed by atoms with van der Waals surface area (Å²) in [5, 5.41) is 4.05. The minimum atomic E-state index is -3.00. The third-order valence-electron chi connectivity index (χ3n) is 3.03. The standard InChI is InChI=1S/C12H22N4O3S/c1-3-20(18,19)8-4-6-16-12(17)9-11(10-14-16)15(2)7-5-13/h9-10H,3-8,13H2,1-2H3. The molecule has 2 N–H and O–H groups in total. The van der Waals surface area contributed by atoms with Gasteiger partial charge in [0.1, 0.15) is 9.84 Å². The van der Waals surface area contributed by atoms with Crippen LogP contribution in [0, 0.1) is 0 Å². The van der Waals surface area contributed by atoms with Crippen LogP contribution < -0.4 is 16.2 Å². The zero-order valence-electron chi connectivity index (χ0n) is 11.9. The van der Waals surface area contributed by atoms with E-state index in [1.807, 2.05) is 11.9 Å². The second-order valence-corrected chi connectivity index (χ2v) is 7.05. The molecular formula is C12H22N4O3S. The molecule has 0 unspecified atom stereocenters. The highest BCUT2D eigenvalue weighted by molar-refractivity contribution is 7.91. The molecule has 1 aromatic heterocycles. The number of nitrogens with zero attached hydrogens (tertiary/aromatic N) is 3. The van der Waals surface area contributed by atoms with Gasteiger partial charge in [0.25, 0.3) is 5.56 Å². The van der Waals surface area contributed by atoms with E-state index in [2.05, 4.69) is 5.10 Å². The first kappa shape index (κ1) is 16.6. The molecular weight excluding hydrogens is 280 g/mol. The third-order valence-corrected chi connectivity index (χ3v) is 4.82. The van der Waals surface area contributed by atoms with Crippen LogP contribution in [-0.2, 0) is 16.4 Å². The summed E-state index contributed by atoms with van der Waals surface area (Å²) >= 11 is 0. The zero-order chi connectivity index (χ0) is 15.2. The number of nitrogens with two attached hydrogens (primary N) is 1. The Morgan fingerprint density at radius 2 is 2.15 bits per heavy atom. The van der Waals surface area contributed by atoms with Crippen molar-refractivity contribution in [1.82, 2.24) is 9.78 Å². The Balaban J connectivity index is 2.67. The average molecular weight is 302 g/mol. The zero-order valence-corrected chi connectivity index (χ0v) is 12.8. The molecule has 1 aromatic rings. The van der Waals surface area contributed by atoms with Gasteiger partial charge in [0.05, 0.1) is 17.6 Å². The molecule has 1 rings (SSSR count). The van der Waals surface area contributed by atoms with Crippen LogP contribution in [0.25, 0.3) is 0 Å². The summed E-state index contributed by atoms with van der Waals surface area (Å²) in [6.45, 7) is 3.05. The van der Waals surface area contributed by atoms with Gasteiger partial charge in [-0.25, -0.2) is 13.1 Å². The van der Waals surface area contributed by atoms with Crippen molar-refractivity contribution in [2.75, 3.05) is 36.5 Å². The molecule has 0 amide bonds. The molecule has 0 aromatic carbocycles. The summed E-state index contributed by atoms with van der Waals surface area (Å²) in [6.07, 6.45) is 1.98. The van der Waals surface area contributed by atoms with E-state index in [0.717, 1.165) is 0 Å². The fraction of sp³-hybridized carbons (Fsp3) is 0.667. The van der Waals surface area contributed by atoms with Crippen LogP contribution in [0.4, 0.5) is 5.69 Å². The van der Waals surface area contributed by atoms with E-state index in [-0.39, 0.29) is 17.1 Å². The van der Waals surface area contributed by atoms with Gasteiger partial charge in [0.2, 0.25) is 0 Å². The Hall–Kier alpha value is -1.41. The monoisotopic (exact) mass is 302 g/mol. The number of aryl methyl sites for hydroxylation is 1. The number of sulfone groups is 1. The van der Waals surface area contributed by atoms with E-state index in [0.29, 0.717) is 31.7 Å². The molecule has 7 nitrogen and oxygen atoms in total. The van der Waals surface area contributed by atoms with Gasteiger partial charge in [-0.2, -0.15) is 5.10 Å². The van der Waals surface area contributed by atoms with Crippen molar-refractivity contribution in [1.29, 1.82) is 0 Å². The first-order chi connectivity index (χ1) is 9.39. The van der Waals surface area contributed by atoms with E-state index in [1.54, 1.807) is 13.1 Å². The van der Waals surface area contributed by atoms with Gasteiger partial charge in [0, 0.05) is 38.5 Å². The number of rotatable bonds is 8. The Morgan fingerprint density at radius 3 is 2.70 bits per heavy atom. The topological polar surface area (TPSA) is 98.3 Å². The maximum absolute atomic E-state index is 11.9. The van der Waals surface area contributed by atoms with Gasteiger partial charge in [-0.1, -0.05) is 6.92 Å². The van der Waals surface area contributed by atoms with Gasteiger partial charge >= 0.3 is 0 Å². The summed E-state index contributed by atoms with van der Waals surface area (Å²) < 4.78 is 24.0. The summed E-state index contributed by atoms with van der Waals surface area (Å²) in [4.78, 5) is 13.7. The van der Waals surface area contributed by atoms with Crippen molar-refractivity contribution < 1.29 is 8.42 Å². The first-order valence-electron chi connectivity index (χ1n) is 6.58. The molecule has 0 saturated carbocycles. The SMILES string of the molecule is CCS(=O)(=O)CCCn1ncc(N(C)CCN)cc1=O. The van der Waals surface area contributed by atoms with Gasteiger partial charge in [0.15, 0.2) is 0 Å². The van der Waals surface area contributed by atoms with Crippen molar-refractivity contribution in [3.05, 3.63) is 22.6 Å². The van der Waals surface area contributed by atoms with Crippen molar-refractivity contribution in [3.8, 4) is 0 Å². The predicted octanol–water partition coefficient (Wildman–Crippen LogP) is -0.537. The van der Waals surface area contributed by atoms with Crippen molar-refractivity contribution in [3.63, 3.8) is 0 Å². The fourth-order valence-electron chi connectivity index (χ4n) is 1.70. The summed E-state index contributed by atoms with van der Waals surface area (Å²) in [7, 11) is -1.16. The second kappa shape index (κ2) is 7.39. The predicted molar refractivity (Wildman–Crippen MR) is 79.8 cm³/mol. The minimum Gasteiger partial charge on any atom is -0.372 e. The molecule has 0 aliphatic carbocycles. The Bertz CT molecular complexity index is 583. The molecule has 1 heterocycles. The fourth-order valence-corrected chi connectivity index (χ4v) is 2.56. The number of aromatic nitrogens is 2.